The fraction of sp³-hybridized carbons (Fsp3) is 0.167. The maximum absolute atomic E-state index is 12.9. The van der Waals surface area contributed by atoms with Gasteiger partial charge in [0, 0.05) is 5.56 Å². The Morgan fingerprint density at radius 3 is 2.60 bits per heavy atom. The summed E-state index contributed by atoms with van der Waals surface area (Å²) < 4.78 is 52.4. The standard InChI is InChI=1S/C12H10F4N4/c1-7-6-20(11(17)19-7)18-5-8-2-3-9(13)4-10(8)12(14,15)16/h2-6H,1H3,(H2,17,19). The van der Waals surface area contributed by atoms with Crippen LogP contribution >= 0.6 is 0 Å². The minimum absolute atomic E-state index is 0.0504. The number of aryl methyl sites for hydroxylation is 1. The van der Waals surface area contributed by atoms with Crippen molar-refractivity contribution in [1.82, 2.24) is 9.66 Å². The summed E-state index contributed by atoms with van der Waals surface area (Å²) in [5.74, 6) is -0.915. The van der Waals surface area contributed by atoms with Crippen LogP contribution in [0.3, 0.4) is 0 Å². The first-order chi connectivity index (χ1) is 9.27. The van der Waals surface area contributed by atoms with Crippen LogP contribution < -0.4 is 5.73 Å². The molecule has 1 aromatic heterocycles. The second-order valence-electron chi connectivity index (χ2n) is 4.06. The molecule has 20 heavy (non-hydrogen) atoms. The summed E-state index contributed by atoms with van der Waals surface area (Å²) in [6.45, 7) is 1.67. The molecule has 0 unspecified atom stereocenters. The zero-order valence-electron chi connectivity index (χ0n) is 10.3. The number of benzene rings is 1. The number of anilines is 1. The number of hydrogen-bond acceptors (Lipinski definition) is 3. The molecule has 106 valence electrons. The molecule has 2 N–H and O–H groups in total. The average Bonchev–Trinajstić information content (AvgIpc) is 2.65. The molecule has 1 aromatic carbocycles. The Kier molecular flexibility index (Phi) is 3.47. The molecular formula is C12H10F4N4. The highest BCUT2D eigenvalue weighted by Crippen LogP contribution is 2.31. The van der Waals surface area contributed by atoms with Gasteiger partial charge in [0.25, 0.3) is 0 Å². The van der Waals surface area contributed by atoms with Gasteiger partial charge in [0.05, 0.1) is 23.7 Å². The van der Waals surface area contributed by atoms with Crippen LogP contribution in [0, 0.1) is 12.7 Å². The van der Waals surface area contributed by atoms with E-state index in [1.165, 1.54) is 6.20 Å². The molecule has 0 radical (unpaired) electrons. The Morgan fingerprint density at radius 1 is 1.35 bits per heavy atom. The zero-order chi connectivity index (χ0) is 14.9. The van der Waals surface area contributed by atoms with Crippen LogP contribution in [0.5, 0.6) is 0 Å². The Bertz CT molecular complexity index is 658. The van der Waals surface area contributed by atoms with Crippen LogP contribution in [0.1, 0.15) is 16.8 Å². The zero-order valence-corrected chi connectivity index (χ0v) is 10.3. The number of imidazole rings is 1. The third-order valence-electron chi connectivity index (χ3n) is 2.48. The summed E-state index contributed by atoms with van der Waals surface area (Å²) in [5.41, 5.74) is 4.73. The molecule has 0 spiro atoms. The van der Waals surface area contributed by atoms with Gasteiger partial charge in [-0.15, -0.1) is 0 Å². The van der Waals surface area contributed by atoms with E-state index in [0.717, 1.165) is 23.0 Å². The van der Waals surface area contributed by atoms with Gasteiger partial charge in [0.15, 0.2) is 0 Å². The van der Waals surface area contributed by atoms with Crippen molar-refractivity contribution in [3.05, 3.63) is 47.0 Å². The van der Waals surface area contributed by atoms with Gasteiger partial charge in [0.1, 0.15) is 5.82 Å². The summed E-state index contributed by atoms with van der Waals surface area (Å²) in [6.07, 6.45) is -2.25. The predicted molar refractivity (Wildman–Crippen MR) is 65.8 cm³/mol. The minimum Gasteiger partial charge on any atom is -0.368 e. The Hall–Kier alpha value is -2.38. The molecule has 2 aromatic rings. The number of hydrogen-bond donors (Lipinski definition) is 1. The van der Waals surface area contributed by atoms with E-state index in [4.69, 9.17) is 5.73 Å². The van der Waals surface area contributed by atoms with Crippen molar-refractivity contribution in [1.29, 1.82) is 0 Å². The molecule has 0 bridgehead atoms. The first kappa shape index (κ1) is 14.0. The molecular weight excluding hydrogens is 276 g/mol. The molecule has 0 saturated heterocycles. The smallest absolute Gasteiger partial charge is 0.368 e. The molecule has 1 heterocycles. The molecule has 0 aliphatic heterocycles. The van der Waals surface area contributed by atoms with Crippen molar-refractivity contribution in [3.8, 4) is 0 Å². The van der Waals surface area contributed by atoms with Gasteiger partial charge in [-0.05, 0) is 25.1 Å². The summed E-state index contributed by atoms with van der Waals surface area (Å²) in [7, 11) is 0. The lowest BCUT2D eigenvalue weighted by Gasteiger charge is -2.09. The molecule has 8 heteroatoms. The topological polar surface area (TPSA) is 56.2 Å². The van der Waals surface area contributed by atoms with E-state index in [0.29, 0.717) is 11.8 Å². The molecule has 0 aliphatic carbocycles. The van der Waals surface area contributed by atoms with Gasteiger partial charge in [-0.1, -0.05) is 0 Å². The molecule has 0 amide bonds. The van der Waals surface area contributed by atoms with Crippen LogP contribution in [-0.4, -0.2) is 15.9 Å². The Morgan fingerprint density at radius 2 is 2.05 bits per heavy atom. The molecule has 0 aliphatic rings. The summed E-state index contributed by atoms with van der Waals surface area (Å²) >= 11 is 0. The van der Waals surface area contributed by atoms with Crippen molar-refractivity contribution in [2.75, 3.05) is 5.73 Å². The number of aromatic nitrogens is 2. The Labute approximate surface area is 111 Å². The molecule has 0 atom stereocenters. The van der Waals surface area contributed by atoms with Gasteiger partial charge in [-0.2, -0.15) is 18.3 Å². The minimum atomic E-state index is -4.67. The number of halogens is 4. The van der Waals surface area contributed by atoms with Crippen molar-refractivity contribution >= 4 is 12.2 Å². The molecule has 4 nitrogen and oxygen atoms in total. The van der Waals surface area contributed by atoms with E-state index in [1.54, 1.807) is 6.92 Å². The van der Waals surface area contributed by atoms with E-state index in [2.05, 4.69) is 10.1 Å². The first-order valence-corrected chi connectivity index (χ1v) is 5.50. The quantitative estimate of drug-likeness (QED) is 0.681. The number of alkyl halides is 3. The lowest BCUT2D eigenvalue weighted by atomic mass is 10.1. The fourth-order valence-electron chi connectivity index (χ4n) is 1.61. The van der Waals surface area contributed by atoms with Crippen LogP contribution in [0.2, 0.25) is 0 Å². The third-order valence-corrected chi connectivity index (χ3v) is 2.48. The van der Waals surface area contributed by atoms with E-state index in [1.807, 2.05) is 0 Å². The van der Waals surface area contributed by atoms with Crippen LogP contribution in [0.4, 0.5) is 23.5 Å². The van der Waals surface area contributed by atoms with E-state index in [9.17, 15) is 17.6 Å². The second kappa shape index (κ2) is 4.95. The SMILES string of the molecule is Cc1cn(N=Cc2ccc(F)cc2C(F)(F)F)c(N)n1. The maximum atomic E-state index is 12.9. The summed E-state index contributed by atoms with van der Waals surface area (Å²) in [6, 6.07) is 2.35. The first-order valence-electron chi connectivity index (χ1n) is 5.50. The predicted octanol–water partition coefficient (Wildman–Crippen LogP) is 2.81. The van der Waals surface area contributed by atoms with Crippen LogP contribution in [0.25, 0.3) is 0 Å². The van der Waals surface area contributed by atoms with Crippen molar-refractivity contribution < 1.29 is 17.6 Å². The van der Waals surface area contributed by atoms with E-state index >= 15 is 0 Å². The largest absolute Gasteiger partial charge is 0.417 e. The van der Waals surface area contributed by atoms with Crippen molar-refractivity contribution in [3.63, 3.8) is 0 Å². The van der Waals surface area contributed by atoms with Gasteiger partial charge >= 0.3 is 6.18 Å². The van der Waals surface area contributed by atoms with E-state index in [-0.39, 0.29) is 11.5 Å². The normalized spacial score (nSPS) is 12.2. The van der Waals surface area contributed by atoms with Crippen LogP contribution in [-0.2, 0) is 6.18 Å². The maximum Gasteiger partial charge on any atom is 0.417 e. The lowest BCUT2D eigenvalue weighted by Crippen LogP contribution is -2.10. The van der Waals surface area contributed by atoms with E-state index < -0.39 is 17.6 Å². The van der Waals surface area contributed by atoms with Crippen molar-refractivity contribution in [2.24, 2.45) is 5.10 Å². The lowest BCUT2D eigenvalue weighted by molar-refractivity contribution is -0.137. The molecule has 0 saturated carbocycles. The van der Waals surface area contributed by atoms with Gasteiger partial charge in [-0.3, -0.25) is 0 Å². The van der Waals surface area contributed by atoms with Gasteiger partial charge in [-0.25, -0.2) is 14.1 Å². The third kappa shape index (κ3) is 2.95. The molecule has 2 rings (SSSR count). The fourth-order valence-corrected chi connectivity index (χ4v) is 1.61. The van der Waals surface area contributed by atoms with Crippen molar-refractivity contribution in [2.45, 2.75) is 13.1 Å². The number of nitrogen functional groups attached to an aromatic ring is 1. The second-order valence-corrected chi connectivity index (χ2v) is 4.06. The highest BCUT2D eigenvalue weighted by atomic mass is 19.4. The molecule has 0 fully saturated rings. The number of nitrogens with two attached hydrogens (primary N) is 1. The van der Waals surface area contributed by atoms with Crippen LogP contribution in [0.15, 0.2) is 29.5 Å². The average molecular weight is 286 g/mol. The highest BCUT2D eigenvalue weighted by Gasteiger charge is 2.33. The summed E-state index contributed by atoms with van der Waals surface area (Å²) in [5, 5.41) is 3.78. The Balaban J connectivity index is 2.41. The summed E-state index contributed by atoms with van der Waals surface area (Å²) in [4.78, 5) is 3.85. The van der Waals surface area contributed by atoms with Gasteiger partial charge in [0.2, 0.25) is 5.95 Å². The monoisotopic (exact) mass is 286 g/mol. The van der Waals surface area contributed by atoms with Gasteiger partial charge < -0.3 is 5.73 Å². The number of rotatable bonds is 2. The highest BCUT2D eigenvalue weighted by molar-refractivity contribution is 5.82. The number of nitrogens with zero attached hydrogens (tertiary/aromatic N) is 3.